The summed E-state index contributed by atoms with van der Waals surface area (Å²) in [5.41, 5.74) is 2.45. The third kappa shape index (κ3) is 3.76. The van der Waals surface area contributed by atoms with Crippen LogP contribution in [-0.4, -0.2) is 44.6 Å². The monoisotopic (exact) mass is 338 g/mol. The summed E-state index contributed by atoms with van der Waals surface area (Å²) in [6.07, 6.45) is 8.57. The average Bonchev–Trinajstić information content (AvgIpc) is 3.21. The molecular formula is C20H26N4O. The zero-order chi connectivity index (χ0) is 17.2. The molecule has 2 aromatic rings. The molecule has 5 heteroatoms. The minimum absolute atomic E-state index is 0.266. The highest BCUT2D eigenvalue weighted by Gasteiger charge is 2.35. The number of hydrogen-bond donors (Lipinski definition) is 0. The van der Waals surface area contributed by atoms with Crippen LogP contribution >= 0.6 is 0 Å². The Morgan fingerprint density at radius 3 is 2.72 bits per heavy atom. The maximum atomic E-state index is 13.0. The van der Waals surface area contributed by atoms with Crippen molar-refractivity contribution in [3.05, 3.63) is 53.9 Å². The second-order valence-electron chi connectivity index (χ2n) is 7.31. The van der Waals surface area contributed by atoms with Crippen LogP contribution in [0.5, 0.6) is 0 Å². The fraction of sp³-hybridized carbons (Fsp3) is 0.500. The molecule has 1 saturated heterocycles. The van der Waals surface area contributed by atoms with E-state index in [0.29, 0.717) is 18.6 Å². The van der Waals surface area contributed by atoms with Crippen molar-refractivity contribution in [1.29, 1.82) is 0 Å². The van der Waals surface area contributed by atoms with Crippen LogP contribution in [0.15, 0.2) is 42.7 Å². The lowest BCUT2D eigenvalue weighted by molar-refractivity contribution is -0.133. The summed E-state index contributed by atoms with van der Waals surface area (Å²) in [6, 6.07) is 11.1. The van der Waals surface area contributed by atoms with Crippen molar-refractivity contribution in [3.8, 4) is 0 Å². The predicted octanol–water partition coefficient (Wildman–Crippen LogP) is 2.75. The van der Waals surface area contributed by atoms with Gasteiger partial charge in [-0.3, -0.25) is 14.4 Å². The molecule has 5 nitrogen and oxygen atoms in total. The van der Waals surface area contributed by atoms with E-state index >= 15 is 0 Å². The fourth-order valence-electron chi connectivity index (χ4n) is 3.86. The van der Waals surface area contributed by atoms with E-state index in [2.05, 4.69) is 33.2 Å². The molecule has 0 radical (unpaired) electrons. The van der Waals surface area contributed by atoms with Gasteiger partial charge in [-0.1, -0.05) is 30.3 Å². The molecule has 2 aliphatic rings. The summed E-state index contributed by atoms with van der Waals surface area (Å²) in [7, 11) is 1.95. The smallest absolute Gasteiger partial charge is 0.237 e. The van der Waals surface area contributed by atoms with Crippen LogP contribution in [0, 0.1) is 0 Å². The summed E-state index contributed by atoms with van der Waals surface area (Å²) in [4.78, 5) is 17.5. The van der Waals surface area contributed by atoms with Crippen molar-refractivity contribution in [1.82, 2.24) is 19.6 Å². The van der Waals surface area contributed by atoms with E-state index in [-0.39, 0.29) is 5.91 Å². The van der Waals surface area contributed by atoms with Crippen LogP contribution in [-0.2, 0) is 18.4 Å². The standard InChI is InChI=1S/C20H26N4O/c1-22-14-17(12-21-22)19-8-5-11-23(19)15-20(25)24(18-9-10-18)13-16-6-3-2-4-7-16/h2-4,6-7,12,14,18-19H,5,8-11,13,15H2,1H3. The first-order valence-electron chi connectivity index (χ1n) is 9.26. The van der Waals surface area contributed by atoms with E-state index in [1.54, 1.807) is 0 Å². The Kier molecular flexibility index (Phi) is 4.57. The Hall–Kier alpha value is -2.14. The number of aromatic nitrogens is 2. The number of nitrogens with zero attached hydrogens (tertiary/aromatic N) is 4. The molecule has 0 spiro atoms. The highest BCUT2D eigenvalue weighted by Crippen LogP contribution is 2.33. The number of carbonyl (C=O) groups is 1. The van der Waals surface area contributed by atoms with Crippen molar-refractivity contribution in [2.24, 2.45) is 7.05 Å². The van der Waals surface area contributed by atoms with Crippen LogP contribution in [0.1, 0.15) is 42.9 Å². The third-order valence-corrected chi connectivity index (χ3v) is 5.32. The lowest BCUT2D eigenvalue weighted by atomic mass is 10.1. The Morgan fingerprint density at radius 1 is 1.24 bits per heavy atom. The first kappa shape index (κ1) is 16.3. The molecule has 0 bridgehead atoms. The zero-order valence-corrected chi connectivity index (χ0v) is 14.8. The minimum atomic E-state index is 0.266. The Bertz CT molecular complexity index is 722. The van der Waals surface area contributed by atoms with Crippen LogP contribution in [0.25, 0.3) is 0 Å². The van der Waals surface area contributed by atoms with Gasteiger partial charge in [0.25, 0.3) is 0 Å². The van der Waals surface area contributed by atoms with Crippen molar-refractivity contribution < 1.29 is 4.79 Å². The quantitative estimate of drug-likeness (QED) is 0.813. The molecular weight excluding hydrogens is 312 g/mol. The number of carbonyl (C=O) groups excluding carboxylic acids is 1. The Morgan fingerprint density at radius 2 is 2.04 bits per heavy atom. The van der Waals surface area contributed by atoms with Crippen molar-refractivity contribution in [3.63, 3.8) is 0 Å². The van der Waals surface area contributed by atoms with Crippen LogP contribution in [0.3, 0.4) is 0 Å². The topological polar surface area (TPSA) is 41.4 Å². The fourth-order valence-corrected chi connectivity index (χ4v) is 3.86. The number of aryl methyl sites for hydroxylation is 1. The maximum absolute atomic E-state index is 13.0. The van der Waals surface area contributed by atoms with Gasteiger partial charge in [-0.25, -0.2) is 0 Å². The van der Waals surface area contributed by atoms with E-state index < -0.39 is 0 Å². The van der Waals surface area contributed by atoms with E-state index in [4.69, 9.17) is 0 Å². The van der Waals surface area contributed by atoms with Gasteiger partial charge in [0, 0.05) is 37.4 Å². The number of amides is 1. The largest absolute Gasteiger partial charge is 0.334 e. The van der Waals surface area contributed by atoms with Gasteiger partial charge in [0.05, 0.1) is 12.7 Å². The summed E-state index contributed by atoms with van der Waals surface area (Å²) in [6.45, 7) is 2.24. The van der Waals surface area contributed by atoms with E-state index in [0.717, 1.165) is 38.8 Å². The van der Waals surface area contributed by atoms with Crippen LogP contribution in [0.2, 0.25) is 0 Å². The van der Waals surface area contributed by atoms with Gasteiger partial charge in [0.2, 0.25) is 5.91 Å². The summed E-state index contributed by atoms with van der Waals surface area (Å²) < 4.78 is 1.85. The second kappa shape index (κ2) is 7.00. The van der Waals surface area contributed by atoms with Gasteiger partial charge in [-0.15, -0.1) is 0 Å². The van der Waals surface area contributed by atoms with Gasteiger partial charge < -0.3 is 4.90 Å². The molecule has 1 atom stereocenters. The predicted molar refractivity (Wildman–Crippen MR) is 96.8 cm³/mol. The molecule has 132 valence electrons. The molecule has 1 aliphatic heterocycles. The first-order chi connectivity index (χ1) is 12.2. The molecule has 1 aromatic carbocycles. The van der Waals surface area contributed by atoms with Crippen LogP contribution in [0.4, 0.5) is 0 Å². The molecule has 2 fully saturated rings. The summed E-state index contributed by atoms with van der Waals surface area (Å²) >= 11 is 0. The normalized spacial score (nSPS) is 20.8. The SMILES string of the molecule is Cn1cc(C2CCCN2CC(=O)N(Cc2ccccc2)C2CC2)cn1. The first-order valence-corrected chi connectivity index (χ1v) is 9.26. The second-order valence-corrected chi connectivity index (χ2v) is 7.31. The Balaban J connectivity index is 1.44. The van der Waals surface area contributed by atoms with E-state index in [1.165, 1.54) is 11.1 Å². The van der Waals surface area contributed by atoms with Crippen molar-refractivity contribution in [2.75, 3.05) is 13.1 Å². The van der Waals surface area contributed by atoms with Crippen molar-refractivity contribution >= 4 is 5.91 Å². The number of rotatable bonds is 6. The highest BCUT2D eigenvalue weighted by molar-refractivity contribution is 5.79. The number of likely N-dealkylation sites (tertiary alicyclic amines) is 1. The summed E-state index contributed by atoms with van der Waals surface area (Å²) in [5, 5.41) is 4.30. The van der Waals surface area contributed by atoms with Gasteiger partial charge in [0.15, 0.2) is 0 Å². The van der Waals surface area contributed by atoms with Crippen molar-refractivity contribution in [2.45, 2.75) is 44.3 Å². The van der Waals surface area contributed by atoms with E-state index in [9.17, 15) is 4.79 Å². The molecule has 1 amide bonds. The third-order valence-electron chi connectivity index (χ3n) is 5.32. The molecule has 1 unspecified atom stereocenters. The van der Waals surface area contributed by atoms with Gasteiger partial charge in [-0.2, -0.15) is 5.10 Å². The molecule has 4 rings (SSSR count). The molecule has 2 heterocycles. The molecule has 1 aliphatic carbocycles. The zero-order valence-electron chi connectivity index (χ0n) is 14.8. The molecule has 25 heavy (non-hydrogen) atoms. The van der Waals surface area contributed by atoms with E-state index in [1.807, 2.05) is 36.1 Å². The highest BCUT2D eigenvalue weighted by atomic mass is 16.2. The van der Waals surface area contributed by atoms with Gasteiger partial charge in [0.1, 0.15) is 0 Å². The summed E-state index contributed by atoms with van der Waals surface area (Å²) in [5.74, 6) is 0.266. The minimum Gasteiger partial charge on any atom is -0.334 e. The molecule has 0 N–H and O–H groups in total. The maximum Gasteiger partial charge on any atom is 0.237 e. The number of benzene rings is 1. The Labute approximate surface area is 149 Å². The lowest BCUT2D eigenvalue weighted by Crippen LogP contribution is -2.41. The molecule has 1 aromatic heterocycles. The van der Waals surface area contributed by atoms with Gasteiger partial charge >= 0.3 is 0 Å². The number of hydrogen-bond acceptors (Lipinski definition) is 3. The lowest BCUT2D eigenvalue weighted by Gasteiger charge is -2.28. The molecule has 1 saturated carbocycles. The van der Waals surface area contributed by atoms with Gasteiger partial charge in [-0.05, 0) is 37.8 Å². The van der Waals surface area contributed by atoms with Crippen LogP contribution < -0.4 is 0 Å². The average molecular weight is 338 g/mol.